The van der Waals surface area contributed by atoms with Crippen LogP contribution < -0.4 is 0 Å². The van der Waals surface area contributed by atoms with Crippen molar-refractivity contribution in [3.05, 3.63) is 58.5 Å². The summed E-state index contributed by atoms with van der Waals surface area (Å²) in [5.74, 6) is 0.583. The first-order valence-corrected chi connectivity index (χ1v) is 10.1. The van der Waals surface area contributed by atoms with Gasteiger partial charge >= 0.3 is 0 Å². The van der Waals surface area contributed by atoms with Gasteiger partial charge in [-0.15, -0.1) is 10.2 Å². The molecule has 28 heavy (non-hydrogen) atoms. The van der Waals surface area contributed by atoms with Crippen LogP contribution in [0.3, 0.4) is 0 Å². The Balaban J connectivity index is 1.36. The first-order valence-electron chi connectivity index (χ1n) is 9.11. The highest BCUT2D eigenvalue weighted by atomic mass is 32.1. The molecule has 6 nitrogen and oxygen atoms in total. The number of nitrogens with zero attached hydrogens (tertiary/aromatic N) is 3. The highest BCUT2D eigenvalue weighted by Gasteiger charge is 2.30. The summed E-state index contributed by atoms with van der Waals surface area (Å²) in [6.45, 7) is 1.15. The number of carbonyl (C=O) groups excluding carboxylic acids is 1. The molecule has 1 aliphatic rings. The van der Waals surface area contributed by atoms with Crippen molar-refractivity contribution in [3.8, 4) is 11.5 Å². The molecular weight excluding hydrogens is 379 g/mol. The average Bonchev–Trinajstić information content (AvgIpc) is 3.47. The van der Waals surface area contributed by atoms with Gasteiger partial charge < -0.3 is 14.3 Å². The third-order valence-corrected chi connectivity index (χ3v) is 5.79. The molecule has 0 saturated carbocycles. The second-order valence-corrected chi connectivity index (χ2v) is 7.71. The minimum atomic E-state index is -0.337. The summed E-state index contributed by atoms with van der Waals surface area (Å²) >= 11 is 1.57. The van der Waals surface area contributed by atoms with Gasteiger partial charge in [0.05, 0.1) is 5.92 Å². The molecule has 1 unspecified atom stereocenters. The molecule has 4 heterocycles. The quantitative estimate of drug-likeness (QED) is 0.556. The van der Waals surface area contributed by atoms with Crippen molar-refractivity contribution >= 4 is 28.1 Å². The number of halogens is 1. The smallest absolute Gasteiger partial charge is 0.270 e. The van der Waals surface area contributed by atoms with Gasteiger partial charge in [0.1, 0.15) is 11.5 Å². The van der Waals surface area contributed by atoms with Crippen LogP contribution in [0, 0.1) is 5.82 Å². The molecule has 1 N–H and O–H groups in total. The monoisotopic (exact) mass is 396 g/mol. The molecule has 0 aliphatic carbocycles. The van der Waals surface area contributed by atoms with Crippen LogP contribution in [0.25, 0.3) is 22.4 Å². The number of H-pyrrole nitrogens is 1. The van der Waals surface area contributed by atoms with Crippen molar-refractivity contribution in [1.82, 2.24) is 20.1 Å². The number of hydrogen-bond donors (Lipinski definition) is 1. The number of carbonyl (C=O) groups is 1. The van der Waals surface area contributed by atoms with Crippen molar-refractivity contribution in [2.45, 2.75) is 18.8 Å². The Hall–Kier alpha value is -3.00. The van der Waals surface area contributed by atoms with Gasteiger partial charge in [0.15, 0.2) is 0 Å². The van der Waals surface area contributed by atoms with E-state index in [0.29, 0.717) is 41.5 Å². The molecule has 8 heteroatoms. The summed E-state index contributed by atoms with van der Waals surface area (Å²) in [6.07, 6.45) is 1.73. The summed E-state index contributed by atoms with van der Waals surface area (Å²) < 4.78 is 19.8. The molecule has 1 aliphatic heterocycles. The number of piperidine rings is 1. The van der Waals surface area contributed by atoms with Crippen LogP contribution in [0.15, 0.2) is 45.5 Å². The third kappa shape index (κ3) is 2.99. The van der Waals surface area contributed by atoms with Crippen LogP contribution in [0.2, 0.25) is 0 Å². The standard InChI is InChI=1S/C20H17FN4O2S/c21-15-4-1-5-16-14(15)9-17(22-16)20(26)25-7-2-3-12(10-25)18-23-24-19(27-18)13-6-8-28-11-13/h1,4-6,8-9,11-12,22H,2-3,7,10H2. The number of amides is 1. The zero-order chi connectivity index (χ0) is 19.1. The van der Waals surface area contributed by atoms with E-state index in [1.165, 1.54) is 6.07 Å². The molecule has 1 fully saturated rings. The van der Waals surface area contributed by atoms with E-state index in [2.05, 4.69) is 15.2 Å². The summed E-state index contributed by atoms with van der Waals surface area (Å²) in [7, 11) is 0. The van der Waals surface area contributed by atoms with Gasteiger partial charge in [-0.25, -0.2) is 4.39 Å². The predicted molar refractivity (Wildman–Crippen MR) is 104 cm³/mol. The summed E-state index contributed by atoms with van der Waals surface area (Å²) in [5.41, 5.74) is 1.92. The van der Waals surface area contributed by atoms with Crippen LogP contribution in [0.1, 0.15) is 35.1 Å². The maximum Gasteiger partial charge on any atom is 0.270 e. The zero-order valence-electron chi connectivity index (χ0n) is 14.9. The molecule has 4 aromatic rings. The number of thiophene rings is 1. The molecular formula is C20H17FN4O2S. The number of fused-ring (bicyclic) bond motifs is 1. The number of aromatic amines is 1. The first-order chi connectivity index (χ1) is 13.7. The molecule has 5 rings (SSSR count). The Morgan fingerprint density at radius 2 is 2.25 bits per heavy atom. The molecule has 0 spiro atoms. The van der Waals surface area contributed by atoms with Crippen LogP contribution in [-0.4, -0.2) is 39.1 Å². The predicted octanol–water partition coefficient (Wildman–Crippen LogP) is 4.44. The van der Waals surface area contributed by atoms with Gasteiger partial charge in [0, 0.05) is 34.9 Å². The number of hydrogen-bond acceptors (Lipinski definition) is 5. The van der Waals surface area contributed by atoms with Gasteiger partial charge in [0.25, 0.3) is 5.91 Å². The topological polar surface area (TPSA) is 75.0 Å². The first kappa shape index (κ1) is 17.1. The molecule has 1 aromatic carbocycles. The summed E-state index contributed by atoms with van der Waals surface area (Å²) in [6, 6.07) is 8.30. The fourth-order valence-corrected chi connectivity index (χ4v) is 4.30. The summed E-state index contributed by atoms with van der Waals surface area (Å²) in [5, 5.41) is 12.7. The van der Waals surface area contributed by atoms with E-state index < -0.39 is 0 Å². The van der Waals surface area contributed by atoms with Gasteiger partial charge in [-0.05, 0) is 42.5 Å². The van der Waals surface area contributed by atoms with E-state index in [0.717, 1.165) is 18.4 Å². The van der Waals surface area contributed by atoms with E-state index in [9.17, 15) is 9.18 Å². The van der Waals surface area contributed by atoms with Crippen molar-refractivity contribution in [2.24, 2.45) is 0 Å². The fourth-order valence-electron chi connectivity index (χ4n) is 3.67. The lowest BCUT2D eigenvalue weighted by molar-refractivity contribution is 0.0693. The van der Waals surface area contributed by atoms with Crippen LogP contribution in [0.5, 0.6) is 0 Å². The Labute approximate surface area is 164 Å². The highest BCUT2D eigenvalue weighted by molar-refractivity contribution is 7.08. The van der Waals surface area contributed by atoms with E-state index >= 15 is 0 Å². The number of nitrogens with one attached hydrogen (secondary N) is 1. The number of benzene rings is 1. The lowest BCUT2D eigenvalue weighted by atomic mass is 9.98. The average molecular weight is 396 g/mol. The van der Waals surface area contributed by atoms with E-state index in [1.54, 1.807) is 34.4 Å². The molecule has 0 radical (unpaired) electrons. The molecule has 1 amide bonds. The minimum absolute atomic E-state index is 0.00120. The van der Waals surface area contributed by atoms with Crippen LogP contribution >= 0.6 is 11.3 Å². The van der Waals surface area contributed by atoms with Gasteiger partial charge in [-0.2, -0.15) is 11.3 Å². The zero-order valence-corrected chi connectivity index (χ0v) is 15.7. The Kier molecular flexibility index (Phi) is 4.20. The van der Waals surface area contributed by atoms with Crippen LogP contribution in [-0.2, 0) is 0 Å². The lowest BCUT2D eigenvalue weighted by Gasteiger charge is -2.30. The van der Waals surface area contributed by atoms with E-state index in [1.807, 2.05) is 16.8 Å². The van der Waals surface area contributed by atoms with Crippen LogP contribution in [0.4, 0.5) is 4.39 Å². The maximum absolute atomic E-state index is 13.9. The lowest BCUT2D eigenvalue weighted by Crippen LogP contribution is -2.39. The second-order valence-electron chi connectivity index (χ2n) is 6.93. The number of rotatable bonds is 3. The fraction of sp³-hybridized carbons (Fsp3) is 0.250. The van der Waals surface area contributed by atoms with Crippen molar-refractivity contribution in [2.75, 3.05) is 13.1 Å². The van der Waals surface area contributed by atoms with Crippen molar-refractivity contribution in [1.29, 1.82) is 0 Å². The molecule has 1 atom stereocenters. The number of aromatic nitrogens is 3. The van der Waals surface area contributed by atoms with Crippen molar-refractivity contribution < 1.29 is 13.6 Å². The third-order valence-electron chi connectivity index (χ3n) is 5.11. The van der Waals surface area contributed by atoms with E-state index in [4.69, 9.17) is 4.42 Å². The number of likely N-dealkylation sites (tertiary alicyclic amines) is 1. The molecule has 3 aromatic heterocycles. The minimum Gasteiger partial charge on any atom is -0.420 e. The summed E-state index contributed by atoms with van der Waals surface area (Å²) in [4.78, 5) is 17.8. The largest absolute Gasteiger partial charge is 0.420 e. The second kappa shape index (κ2) is 6.87. The van der Waals surface area contributed by atoms with Gasteiger partial charge in [-0.1, -0.05) is 6.07 Å². The molecule has 1 saturated heterocycles. The maximum atomic E-state index is 13.9. The van der Waals surface area contributed by atoms with Gasteiger partial charge in [-0.3, -0.25) is 4.79 Å². The Bertz CT molecular complexity index is 1130. The normalized spacial score (nSPS) is 17.3. The highest BCUT2D eigenvalue weighted by Crippen LogP contribution is 2.30. The van der Waals surface area contributed by atoms with E-state index in [-0.39, 0.29) is 17.6 Å². The molecule has 0 bridgehead atoms. The Morgan fingerprint density at radius 1 is 1.32 bits per heavy atom. The van der Waals surface area contributed by atoms with Crippen molar-refractivity contribution in [3.63, 3.8) is 0 Å². The SMILES string of the molecule is O=C(c1cc2c(F)cccc2[nH]1)N1CCCC(c2nnc(-c3ccsc3)o2)C1. The van der Waals surface area contributed by atoms with Gasteiger partial charge in [0.2, 0.25) is 11.8 Å². The molecule has 142 valence electrons. The Morgan fingerprint density at radius 3 is 3.07 bits per heavy atom.